The standard InChI is InChI=1S/C24H31N3O5/c1-4-6-14-32-21-13-12-18(15-22(21)30-3)17-25-27-23(28)16-20(26-24(29)31-5-2)19-10-8-7-9-11-19/h7-13,15,17,20H,4-6,14,16H2,1-3H3,(H,26,29)(H,27,28)/b25-17-/t20-/m0/s1. The summed E-state index contributed by atoms with van der Waals surface area (Å²) in [5, 5.41) is 6.73. The molecule has 1 atom stereocenters. The molecular formula is C24H31N3O5. The van der Waals surface area contributed by atoms with E-state index in [9.17, 15) is 9.59 Å². The Hall–Kier alpha value is -3.55. The lowest BCUT2D eigenvalue weighted by Gasteiger charge is -2.18. The van der Waals surface area contributed by atoms with Gasteiger partial charge >= 0.3 is 6.09 Å². The molecule has 172 valence electrons. The molecule has 0 aromatic heterocycles. The molecule has 2 amide bonds. The molecule has 2 aromatic rings. The molecule has 0 heterocycles. The third-order valence-corrected chi connectivity index (χ3v) is 4.50. The lowest BCUT2D eigenvalue weighted by atomic mass is 10.0. The maximum Gasteiger partial charge on any atom is 0.407 e. The Bertz CT molecular complexity index is 886. The highest BCUT2D eigenvalue weighted by molar-refractivity contribution is 5.83. The van der Waals surface area contributed by atoms with Crippen LogP contribution in [0.3, 0.4) is 0 Å². The zero-order chi connectivity index (χ0) is 23.2. The van der Waals surface area contributed by atoms with Crippen LogP contribution >= 0.6 is 0 Å². The van der Waals surface area contributed by atoms with Gasteiger partial charge in [0.05, 0.1) is 39.0 Å². The topological polar surface area (TPSA) is 98.2 Å². The number of nitrogens with one attached hydrogen (secondary N) is 2. The highest BCUT2D eigenvalue weighted by atomic mass is 16.5. The van der Waals surface area contributed by atoms with E-state index in [2.05, 4.69) is 22.8 Å². The van der Waals surface area contributed by atoms with Gasteiger partial charge in [-0.25, -0.2) is 10.2 Å². The lowest BCUT2D eigenvalue weighted by Crippen LogP contribution is -2.33. The van der Waals surface area contributed by atoms with Crippen LogP contribution < -0.4 is 20.2 Å². The third-order valence-electron chi connectivity index (χ3n) is 4.50. The summed E-state index contributed by atoms with van der Waals surface area (Å²) in [7, 11) is 1.57. The van der Waals surface area contributed by atoms with Crippen LogP contribution in [0.15, 0.2) is 53.6 Å². The van der Waals surface area contributed by atoms with Gasteiger partial charge in [0.2, 0.25) is 5.91 Å². The number of carbonyl (C=O) groups excluding carboxylic acids is 2. The fourth-order valence-electron chi connectivity index (χ4n) is 2.87. The summed E-state index contributed by atoms with van der Waals surface area (Å²) in [6, 6.07) is 14.1. The summed E-state index contributed by atoms with van der Waals surface area (Å²) in [5.74, 6) is 0.912. The van der Waals surface area contributed by atoms with Gasteiger partial charge in [-0.1, -0.05) is 43.7 Å². The lowest BCUT2D eigenvalue weighted by molar-refractivity contribution is -0.121. The zero-order valence-corrected chi connectivity index (χ0v) is 18.8. The van der Waals surface area contributed by atoms with Gasteiger partial charge in [0.25, 0.3) is 0 Å². The molecule has 0 saturated carbocycles. The minimum Gasteiger partial charge on any atom is -0.493 e. The van der Waals surface area contributed by atoms with E-state index in [1.165, 1.54) is 6.21 Å². The molecular weight excluding hydrogens is 410 g/mol. The van der Waals surface area contributed by atoms with Gasteiger partial charge in [0, 0.05) is 0 Å². The normalized spacial score (nSPS) is 11.6. The van der Waals surface area contributed by atoms with E-state index in [0.29, 0.717) is 18.1 Å². The summed E-state index contributed by atoms with van der Waals surface area (Å²) < 4.78 is 16.0. The van der Waals surface area contributed by atoms with Crippen molar-refractivity contribution in [2.24, 2.45) is 5.10 Å². The molecule has 0 spiro atoms. The maximum absolute atomic E-state index is 12.4. The SMILES string of the molecule is CCCCOc1ccc(/C=N\NC(=O)C[C@H](NC(=O)OCC)c2ccccc2)cc1OC. The maximum atomic E-state index is 12.4. The van der Waals surface area contributed by atoms with Gasteiger partial charge in [-0.15, -0.1) is 0 Å². The summed E-state index contributed by atoms with van der Waals surface area (Å²) in [6.07, 6.45) is 2.96. The van der Waals surface area contributed by atoms with E-state index >= 15 is 0 Å². The van der Waals surface area contributed by atoms with Crippen molar-refractivity contribution in [1.29, 1.82) is 0 Å². The number of rotatable bonds is 12. The highest BCUT2D eigenvalue weighted by Gasteiger charge is 2.18. The Morgan fingerprint density at radius 2 is 1.88 bits per heavy atom. The van der Waals surface area contributed by atoms with Gasteiger partial charge in [-0.2, -0.15) is 5.10 Å². The predicted molar refractivity (Wildman–Crippen MR) is 123 cm³/mol. The van der Waals surface area contributed by atoms with Crippen molar-refractivity contribution >= 4 is 18.2 Å². The van der Waals surface area contributed by atoms with Crippen molar-refractivity contribution in [3.63, 3.8) is 0 Å². The minimum atomic E-state index is -0.578. The average molecular weight is 442 g/mol. The van der Waals surface area contributed by atoms with Crippen LogP contribution in [0.25, 0.3) is 0 Å². The van der Waals surface area contributed by atoms with Gasteiger partial charge in [0.15, 0.2) is 11.5 Å². The number of ether oxygens (including phenoxy) is 3. The Morgan fingerprint density at radius 3 is 2.56 bits per heavy atom. The summed E-state index contributed by atoms with van der Waals surface area (Å²) in [6.45, 7) is 4.69. The largest absolute Gasteiger partial charge is 0.493 e. The molecule has 0 radical (unpaired) electrons. The van der Waals surface area contributed by atoms with Crippen molar-refractivity contribution < 1.29 is 23.8 Å². The second kappa shape index (κ2) is 13.7. The Labute approximate surface area is 188 Å². The number of methoxy groups -OCH3 is 1. The molecule has 0 fully saturated rings. The number of hydrogen-bond acceptors (Lipinski definition) is 6. The van der Waals surface area contributed by atoms with Crippen molar-refractivity contribution in [3.8, 4) is 11.5 Å². The fourth-order valence-corrected chi connectivity index (χ4v) is 2.87. The van der Waals surface area contributed by atoms with Gasteiger partial charge in [-0.3, -0.25) is 4.79 Å². The number of alkyl carbamates (subject to hydrolysis) is 1. The van der Waals surface area contributed by atoms with Crippen LogP contribution in [0.4, 0.5) is 4.79 Å². The molecule has 0 unspecified atom stereocenters. The van der Waals surface area contributed by atoms with Crippen molar-refractivity contribution in [3.05, 3.63) is 59.7 Å². The van der Waals surface area contributed by atoms with Crippen LogP contribution in [0, 0.1) is 0 Å². The van der Waals surface area contributed by atoms with E-state index in [1.807, 2.05) is 42.5 Å². The summed E-state index contributed by atoms with van der Waals surface area (Å²) in [4.78, 5) is 24.3. The van der Waals surface area contributed by atoms with Gasteiger partial charge in [0.1, 0.15) is 0 Å². The fraction of sp³-hybridized carbons (Fsp3) is 0.375. The molecule has 8 nitrogen and oxygen atoms in total. The van der Waals surface area contributed by atoms with Crippen LogP contribution in [-0.4, -0.2) is 38.5 Å². The number of unbranched alkanes of at least 4 members (excludes halogenated alkanes) is 1. The van der Waals surface area contributed by atoms with Crippen LogP contribution in [0.5, 0.6) is 11.5 Å². The van der Waals surface area contributed by atoms with E-state index in [-0.39, 0.29) is 18.9 Å². The summed E-state index contributed by atoms with van der Waals surface area (Å²) in [5.41, 5.74) is 4.04. The Morgan fingerprint density at radius 1 is 1.09 bits per heavy atom. The Kier molecular flexibility index (Phi) is 10.6. The van der Waals surface area contributed by atoms with Crippen LogP contribution in [0.1, 0.15) is 50.3 Å². The number of hydrogen-bond donors (Lipinski definition) is 2. The summed E-state index contributed by atoms with van der Waals surface area (Å²) >= 11 is 0. The second-order valence-electron chi connectivity index (χ2n) is 6.94. The molecule has 2 N–H and O–H groups in total. The van der Waals surface area contributed by atoms with Crippen molar-refractivity contribution in [2.45, 2.75) is 39.2 Å². The first-order valence-electron chi connectivity index (χ1n) is 10.7. The first-order valence-corrected chi connectivity index (χ1v) is 10.7. The quantitative estimate of drug-likeness (QED) is 0.292. The van der Waals surface area contributed by atoms with Crippen LogP contribution in [-0.2, 0) is 9.53 Å². The third kappa shape index (κ3) is 8.29. The molecule has 0 aliphatic rings. The van der Waals surface area contributed by atoms with Crippen LogP contribution in [0.2, 0.25) is 0 Å². The van der Waals surface area contributed by atoms with E-state index in [0.717, 1.165) is 24.0 Å². The Balaban J connectivity index is 1.97. The molecule has 32 heavy (non-hydrogen) atoms. The molecule has 0 saturated heterocycles. The molecule has 2 rings (SSSR count). The number of carbonyl (C=O) groups is 2. The molecule has 8 heteroatoms. The molecule has 0 aliphatic heterocycles. The predicted octanol–water partition coefficient (Wildman–Crippen LogP) is 4.20. The van der Waals surface area contributed by atoms with Crippen molar-refractivity contribution in [2.75, 3.05) is 20.3 Å². The van der Waals surface area contributed by atoms with E-state index in [4.69, 9.17) is 14.2 Å². The first-order chi connectivity index (χ1) is 15.6. The van der Waals surface area contributed by atoms with Gasteiger partial charge in [-0.05, 0) is 42.7 Å². The van der Waals surface area contributed by atoms with Crippen molar-refractivity contribution in [1.82, 2.24) is 10.7 Å². The monoisotopic (exact) mass is 441 g/mol. The second-order valence-corrected chi connectivity index (χ2v) is 6.94. The zero-order valence-electron chi connectivity index (χ0n) is 18.8. The highest BCUT2D eigenvalue weighted by Crippen LogP contribution is 2.27. The average Bonchev–Trinajstić information content (AvgIpc) is 2.80. The molecule has 2 aromatic carbocycles. The van der Waals surface area contributed by atoms with Gasteiger partial charge < -0.3 is 19.5 Å². The molecule has 0 aliphatic carbocycles. The molecule has 0 bridgehead atoms. The minimum absolute atomic E-state index is 0.00763. The first kappa shape index (κ1) is 24.7. The van der Waals surface area contributed by atoms with E-state index in [1.54, 1.807) is 20.1 Å². The number of hydrazone groups is 1. The number of benzene rings is 2. The van der Waals surface area contributed by atoms with E-state index < -0.39 is 12.1 Å². The number of amides is 2. The number of nitrogens with zero attached hydrogens (tertiary/aromatic N) is 1. The smallest absolute Gasteiger partial charge is 0.407 e.